The van der Waals surface area contributed by atoms with Crippen LogP contribution in [0.25, 0.3) is 0 Å². The molecule has 2 aliphatic rings. The second-order valence-corrected chi connectivity index (χ2v) is 8.27. The van der Waals surface area contributed by atoms with E-state index in [4.69, 9.17) is 10.5 Å². The van der Waals surface area contributed by atoms with E-state index in [1.165, 1.54) is 32.1 Å². The Labute approximate surface area is 167 Å². The normalized spacial score (nSPS) is 23.0. The largest absolute Gasteiger partial charge is 0.495 e. The molecule has 4 N–H and O–H groups in total. The fourth-order valence-electron chi connectivity index (χ4n) is 4.50. The molecule has 3 rings (SSSR count). The van der Waals surface area contributed by atoms with Crippen molar-refractivity contribution in [1.82, 2.24) is 5.32 Å². The van der Waals surface area contributed by atoms with Crippen LogP contribution in [-0.4, -0.2) is 25.0 Å². The minimum atomic E-state index is -0.0187. The fraction of sp³-hybridized carbons (Fsp3) is 0.636. The van der Waals surface area contributed by atoms with Gasteiger partial charge in [-0.25, -0.2) is 0 Å². The van der Waals surface area contributed by atoms with Crippen molar-refractivity contribution >= 4 is 23.2 Å². The zero-order chi connectivity index (χ0) is 19.9. The van der Waals surface area contributed by atoms with Crippen LogP contribution >= 0.6 is 0 Å². The minimum Gasteiger partial charge on any atom is -0.495 e. The van der Waals surface area contributed by atoms with Gasteiger partial charge in [0.25, 0.3) is 0 Å². The Morgan fingerprint density at radius 2 is 1.79 bits per heavy atom. The van der Waals surface area contributed by atoms with Crippen molar-refractivity contribution in [3.8, 4) is 5.75 Å². The van der Waals surface area contributed by atoms with Gasteiger partial charge in [0, 0.05) is 24.1 Å². The summed E-state index contributed by atoms with van der Waals surface area (Å²) in [5.74, 6) is 1.36. The summed E-state index contributed by atoms with van der Waals surface area (Å²) in [5, 5.41) is 6.15. The quantitative estimate of drug-likeness (QED) is 0.646. The number of carbonyl (C=O) groups is 2. The van der Waals surface area contributed by atoms with Crippen molar-refractivity contribution in [1.29, 1.82) is 0 Å². The van der Waals surface area contributed by atoms with Gasteiger partial charge in [0.2, 0.25) is 11.8 Å². The summed E-state index contributed by atoms with van der Waals surface area (Å²) in [4.78, 5) is 24.9. The number of ether oxygens (including phenoxy) is 1. The number of rotatable bonds is 6. The Kier molecular flexibility index (Phi) is 7.18. The number of amides is 2. The van der Waals surface area contributed by atoms with Crippen LogP contribution in [0, 0.1) is 11.8 Å². The molecular formula is C22H33N3O3. The van der Waals surface area contributed by atoms with Crippen LogP contribution in [0.3, 0.4) is 0 Å². The molecule has 2 saturated carbocycles. The van der Waals surface area contributed by atoms with Gasteiger partial charge in [-0.1, -0.05) is 19.3 Å². The third kappa shape index (κ3) is 5.63. The smallest absolute Gasteiger partial charge is 0.227 e. The molecule has 0 unspecified atom stereocenters. The first-order chi connectivity index (χ1) is 13.5. The van der Waals surface area contributed by atoms with E-state index in [0.717, 1.165) is 25.7 Å². The molecule has 6 nitrogen and oxygen atoms in total. The molecule has 0 aliphatic heterocycles. The number of methoxy groups -OCH3 is 1. The third-order valence-corrected chi connectivity index (χ3v) is 6.16. The first-order valence-corrected chi connectivity index (χ1v) is 10.6. The van der Waals surface area contributed by atoms with Crippen molar-refractivity contribution in [3.05, 3.63) is 18.2 Å². The number of benzene rings is 1. The first kappa shape index (κ1) is 20.5. The Hall–Kier alpha value is -2.24. The van der Waals surface area contributed by atoms with Crippen LogP contribution < -0.4 is 21.1 Å². The molecule has 2 amide bonds. The standard InChI is InChI=1S/C22H33N3O3/c1-28-20-12-11-18(14-19(20)23)25-22(27)16-7-9-17(10-8-16)24-21(26)13-15-5-3-2-4-6-15/h11-12,14-17H,2-10,13,23H2,1H3,(H,24,26)(H,25,27). The van der Waals surface area contributed by atoms with Gasteiger partial charge in [-0.05, 0) is 62.6 Å². The molecule has 0 aromatic heterocycles. The van der Waals surface area contributed by atoms with Gasteiger partial charge >= 0.3 is 0 Å². The topological polar surface area (TPSA) is 93.5 Å². The van der Waals surface area contributed by atoms with Crippen LogP contribution in [-0.2, 0) is 9.59 Å². The number of nitrogen functional groups attached to an aromatic ring is 1. The van der Waals surface area contributed by atoms with Crippen molar-refractivity contribution in [2.24, 2.45) is 11.8 Å². The Morgan fingerprint density at radius 1 is 1.07 bits per heavy atom. The van der Waals surface area contributed by atoms with Gasteiger partial charge in [0.05, 0.1) is 12.8 Å². The summed E-state index contributed by atoms with van der Waals surface area (Å²) in [7, 11) is 1.57. The van der Waals surface area contributed by atoms with E-state index in [2.05, 4.69) is 10.6 Å². The second kappa shape index (κ2) is 9.80. The van der Waals surface area contributed by atoms with E-state index >= 15 is 0 Å². The van der Waals surface area contributed by atoms with Crippen LogP contribution in [0.15, 0.2) is 18.2 Å². The number of carbonyl (C=O) groups excluding carboxylic acids is 2. The lowest BCUT2D eigenvalue weighted by atomic mass is 9.84. The van der Waals surface area contributed by atoms with E-state index in [1.807, 2.05) is 0 Å². The zero-order valence-corrected chi connectivity index (χ0v) is 16.8. The van der Waals surface area contributed by atoms with Gasteiger partial charge in [-0.15, -0.1) is 0 Å². The number of nitrogens with one attached hydrogen (secondary N) is 2. The summed E-state index contributed by atoms with van der Waals surface area (Å²) in [6, 6.07) is 5.47. The molecule has 1 aromatic rings. The summed E-state index contributed by atoms with van der Waals surface area (Å²) < 4.78 is 5.14. The molecule has 6 heteroatoms. The second-order valence-electron chi connectivity index (χ2n) is 8.27. The molecule has 0 radical (unpaired) electrons. The maximum atomic E-state index is 12.6. The molecule has 0 bridgehead atoms. The van der Waals surface area contributed by atoms with Crippen molar-refractivity contribution in [3.63, 3.8) is 0 Å². The SMILES string of the molecule is COc1ccc(NC(=O)C2CCC(NC(=O)CC3CCCCC3)CC2)cc1N. The van der Waals surface area contributed by atoms with E-state index in [9.17, 15) is 9.59 Å². The highest BCUT2D eigenvalue weighted by atomic mass is 16.5. The molecule has 28 heavy (non-hydrogen) atoms. The number of hydrogen-bond donors (Lipinski definition) is 3. The van der Waals surface area contributed by atoms with Crippen molar-refractivity contribution in [2.75, 3.05) is 18.2 Å². The Balaban J connectivity index is 1.41. The van der Waals surface area contributed by atoms with Crippen LogP contribution in [0.1, 0.15) is 64.2 Å². The van der Waals surface area contributed by atoms with Crippen molar-refractivity contribution in [2.45, 2.75) is 70.3 Å². The number of anilines is 2. The molecule has 0 spiro atoms. The van der Waals surface area contributed by atoms with E-state index < -0.39 is 0 Å². The van der Waals surface area contributed by atoms with E-state index in [-0.39, 0.29) is 23.8 Å². The molecule has 0 saturated heterocycles. The number of hydrogen-bond acceptors (Lipinski definition) is 4. The van der Waals surface area contributed by atoms with Gasteiger partial charge < -0.3 is 21.1 Å². The lowest BCUT2D eigenvalue weighted by molar-refractivity contribution is -0.123. The summed E-state index contributed by atoms with van der Waals surface area (Å²) in [5.41, 5.74) is 7.09. The lowest BCUT2D eigenvalue weighted by Crippen LogP contribution is -2.40. The monoisotopic (exact) mass is 387 g/mol. The van der Waals surface area contributed by atoms with Crippen LogP contribution in [0.2, 0.25) is 0 Å². The average Bonchev–Trinajstić information content (AvgIpc) is 2.69. The van der Waals surface area contributed by atoms with Gasteiger partial charge in [0.15, 0.2) is 0 Å². The van der Waals surface area contributed by atoms with Gasteiger partial charge in [0.1, 0.15) is 5.75 Å². The Morgan fingerprint density at radius 3 is 2.43 bits per heavy atom. The molecule has 2 aliphatic carbocycles. The fourth-order valence-corrected chi connectivity index (χ4v) is 4.50. The average molecular weight is 388 g/mol. The predicted octanol–water partition coefficient (Wildman–Crippen LogP) is 3.86. The highest BCUT2D eigenvalue weighted by molar-refractivity contribution is 5.93. The first-order valence-electron chi connectivity index (χ1n) is 10.6. The highest BCUT2D eigenvalue weighted by Gasteiger charge is 2.28. The van der Waals surface area contributed by atoms with E-state index in [1.54, 1.807) is 25.3 Å². The maximum Gasteiger partial charge on any atom is 0.227 e. The molecule has 1 aromatic carbocycles. The molecule has 2 fully saturated rings. The molecule has 0 atom stereocenters. The molecule has 154 valence electrons. The predicted molar refractivity (Wildman–Crippen MR) is 111 cm³/mol. The summed E-state index contributed by atoms with van der Waals surface area (Å²) in [6.45, 7) is 0. The number of nitrogens with two attached hydrogens (primary N) is 1. The Bertz CT molecular complexity index is 678. The summed E-state index contributed by atoms with van der Waals surface area (Å²) in [6.07, 6.45) is 10.2. The molecular weight excluding hydrogens is 354 g/mol. The minimum absolute atomic E-state index is 0.0187. The third-order valence-electron chi connectivity index (χ3n) is 6.16. The van der Waals surface area contributed by atoms with E-state index in [0.29, 0.717) is 29.5 Å². The lowest BCUT2D eigenvalue weighted by Gasteiger charge is -2.29. The molecule has 0 heterocycles. The van der Waals surface area contributed by atoms with Gasteiger partial charge in [-0.3, -0.25) is 9.59 Å². The van der Waals surface area contributed by atoms with Crippen molar-refractivity contribution < 1.29 is 14.3 Å². The maximum absolute atomic E-state index is 12.6. The highest BCUT2D eigenvalue weighted by Crippen LogP contribution is 2.29. The van der Waals surface area contributed by atoms with Gasteiger partial charge in [-0.2, -0.15) is 0 Å². The van der Waals surface area contributed by atoms with Crippen LogP contribution in [0.5, 0.6) is 5.75 Å². The summed E-state index contributed by atoms with van der Waals surface area (Å²) >= 11 is 0. The van der Waals surface area contributed by atoms with Crippen LogP contribution in [0.4, 0.5) is 11.4 Å². The zero-order valence-electron chi connectivity index (χ0n) is 16.8.